The summed E-state index contributed by atoms with van der Waals surface area (Å²) >= 11 is 0. The average molecular weight is 477 g/mol. The van der Waals surface area contributed by atoms with Crippen LogP contribution in [0.4, 0.5) is 4.79 Å². The van der Waals surface area contributed by atoms with Crippen LogP contribution in [0.3, 0.4) is 0 Å². The zero-order valence-corrected chi connectivity index (χ0v) is 19.3. The molecule has 1 amide bonds. The molecule has 0 spiro atoms. The van der Waals surface area contributed by atoms with E-state index in [1.54, 1.807) is 0 Å². The van der Waals surface area contributed by atoms with E-state index < -0.39 is 5.97 Å². The Balaban J connectivity index is 0.000000274. The molecule has 0 unspecified atom stereocenters. The summed E-state index contributed by atoms with van der Waals surface area (Å²) in [5.41, 5.74) is 5.02. The standard InChI is InChI=1S/C20H21NO2.C6H10O2.Fe/c22-20(21-14-7-1-2-8-14)23-13-19-17-11-5-3-9-15(17)16-10-4-6-12-18(16)19;7-6(8)5-3-1-2-4-5;/h3-6,9-12,14,19H,1-2,7-8,13H2,(H,21,22);5H,1-4H2,(H,7,8);. The van der Waals surface area contributed by atoms with E-state index in [1.165, 1.54) is 35.1 Å². The molecule has 32 heavy (non-hydrogen) atoms. The van der Waals surface area contributed by atoms with Crippen LogP contribution in [0.1, 0.15) is 68.4 Å². The molecule has 5 rings (SSSR count). The van der Waals surface area contributed by atoms with Crippen molar-refractivity contribution in [3.8, 4) is 11.1 Å². The molecule has 2 aromatic rings. The number of rotatable bonds is 4. The van der Waals surface area contributed by atoms with Crippen molar-refractivity contribution in [2.24, 2.45) is 5.92 Å². The molecule has 0 aliphatic heterocycles. The SMILES string of the molecule is O=C(NC1CCCC1)OCC1c2ccccc2-c2ccccc21.O=C(O)C1CCCC1.[Fe]. The molecular weight excluding hydrogens is 446 g/mol. The van der Waals surface area contributed by atoms with Crippen LogP contribution in [0.2, 0.25) is 0 Å². The smallest absolute Gasteiger partial charge is 0.407 e. The molecule has 0 atom stereocenters. The maximum Gasteiger partial charge on any atom is 0.407 e. The number of ether oxygens (including phenoxy) is 1. The Morgan fingerprint density at radius 1 is 0.844 bits per heavy atom. The van der Waals surface area contributed by atoms with Crippen LogP contribution in [0.5, 0.6) is 0 Å². The molecule has 2 fully saturated rings. The average Bonchev–Trinajstić information content (AvgIpc) is 3.54. The fraction of sp³-hybridized carbons (Fsp3) is 0.462. The summed E-state index contributed by atoms with van der Waals surface area (Å²) in [6, 6.07) is 17.1. The number of carbonyl (C=O) groups excluding carboxylic acids is 1. The minimum atomic E-state index is -0.609. The summed E-state index contributed by atoms with van der Waals surface area (Å²) in [6.45, 7) is 0.395. The molecule has 0 aromatic heterocycles. The normalized spacial score (nSPS) is 17.5. The second-order valence-corrected chi connectivity index (χ2v) is 8.77. The van der Waals surface area contributed by atoms with E-state index >= 15 is 0 Å². The molecule has 2 saturated carbocycles. The number of aliphatic carboxylic acids is 1. The molecule has 5 nitrogen and oxygen atoms in total. The number of carboxylic acids is 1. The molecule has 0 saturated heterocycles. The summed E-state index contributed by atoms with van der Waals surface area (Å²) in [5, 5.41) is 11.4. The third kappa shape index (κ3) is 5.73. The molecule has 0 heterocycles. The van der Waals surface area contributed by atoms with Crippen molar-refractivity contribution in [3.05, 3.63) is 59.7 Å². The predicted octanol–water partition coefficient (Wildman–Crippen LogP) is 5.73. The molecule has 172 valence electrons. The first-order chi connectivity index (χ1) is 15.1. The molecule has 6 heteroatoms. The van der Waals surface area contributed by atoms with Crippen molar-refractivity contribution in [1.29, 1.82) is 0 Å². The molecule has 0 radical (unpaired) electrons. The summed E-state index contributed by atoms with van der Waals surface area (Å²) in [5.74, 6) is -0.491. The van der Waals surface area contributed by atoms with E-state index in [0.29, 0.717) is 12.6 Å². The maximum atomic E-state index is 12.0. The quantitative estimate of drug-likeness (QED) is 0.552. The first-order valence-corrected chi connectivity index (χ1v) is 11.5. The fourth-order valence-electron chi connectivity index (χ4n) is 5.05. The van der Waals surface area contributed by atoms with E-state index in [4.69, 9.17) is 9.84 Å². The van der Waals surface area contributed by atoms with Gasteiger partial charge >= 0.3 is 12.1 Å². The van der Waals surface area contributed by atoms with Gasteiger partial charge in [-0.3, -0.25) is 4.79 Å². The van der Waals surface area contributed by atoms with Crippen LogP contribution in [-0.4, -0.2) is 29.8 Å². The van der Waals surface area contributed by atoms with Gasteiger partial charge in [-0.05, 0) is 47.9 Å². The number of alkyl carbamates (subject to hydrolysis) is 1. The monoisotopic (exact) mass is 477 g/mol. The zero-order valence-electron chi connectivity index (χ0n) is 18.2. The van der Waals surface area contributed by atoms with Crippen molar-refractivity contribution in [2.75, 3.05) is 6.61 Å². The number of carboxylic acid groups (broad SMARTS) is 1. The van der Waals surface area contributed by atoms with Gasteiger partial charge in [0, 0.05) is 29.0 Å². The van der Waals surface area contributed by atoms with Crippen molar-refractivity contribution in [1.82, 2.24) is 5.32 Å². The van der Waals surface area contributed by atoms with Crippen molar-refractivity contribution < 1.29 is 36.5 Å². The van der Waals surface area contributed by atoms with E-state index in [2.05, 4.69) is 53.8 Å². The fourth-order valence-corrected chi connectivity index (χ4v) is 5.05. The predicted molar refractivity (Wildman–Crippen MR) is 120 cm³/mol. The van der Waals surface area contributed by atoms with Crippen LogP contribution >= 0.6 is 0 Å². The Hall–Kier alpha value is -2.30. The van der Waals surface area contributed by atoms with Gasteiger partial charge in [0.25, 0.3) is 0 Å². The molecule has 3 aliphatic carbocycles. The largest absolute Gasteiger partial charge is 0.481 e. The second-order valence-electron chi connectivity index (χ2n) is 8.77. The van der Waals surface area contributed by atoms with Crippen LogP contribution in [0.15, 0.2) is 48.5 Å². The number of nitrogens with one attached hydrogen (secondary N) is 1. The topological polar surface area (TPSA) is 75.6 Å². The Kier molecular flexibility index (Phi) is 8.77. The third-order valence-electron chi connectivity index (χ3n) is 6.73. The molecule has 2 aromatic carbocycles. The van der Waals surface area contributed by atoms with E-state index in [1.807, 2.05) is 0 Å². The van der Waals surface area contributed by atoms with Gasteiger partial charge < -0.3 is 15.2 Å². The van der Waals surface area contributed by atoms with Gasteiger partial charge in [-0.15, -0.1) is 0 Å². The Morgan fingerprint density at radius 2 is 1.34 bits per heavy atom. The number of hydrogen-bond donors (Lipinski definition) is 2. The molecular formula is C26H31FeNO4. The van der Waals surface area contributed by atoms with Gasteiger partial charge in [0.1, 0.15) is 6.61 Å². The van der Waals surface area contributed by atoms with Gasteiger partial charge in [-0.25, -0.2) is 4.79 Å². The van der Waals surface area contributed by atoms with E-state index in [0.717, 1.165) is 38.5 Å². The second kappa shape index (κ2) is 11.5. The molecule has 0 bridgehead atoms. The summed E-state index contributed by atoms with van der Waals surface area (Å²) in [4.78, 5) is 22.2. The number of benzene rings is 2. The minimum absolute atomic E-state index is 0. The van der Waals surface area contributed by atoms with Crippen molar-refractivity contribution in [2.45, 2.75) is 63.3 Å². The van der Waals surface area contributed by atoms with Gasteiger partial charge in [0.05, 0.1) is 5.92 Å². The van der Waals surface area contributed by atoms with Crippen LogP contribution in [-0.2, 0) is 26.6 Å². The van der Waals surface area contributed by atoms with Gasteiger partial charge in [0.2, 0.25) is 0 Å². The summed E-state index contributed by atoms with van der Waals surface area (Å²) in [6.07, 6.45) is 8.29. The Bertz CT molecular complexity index is 874. The minimum Gasteiger partial charge on any atom is -0.481 e. The van der Waals surface area contributed by atoms with Crippen LogP contribution in [0, 0.1) is 5.92 Å². The number of carbonyl (C=O) groups is 2. The molecule has 3 aliphatic rings. The number of hydrogen-bond acceptors (Lipinski definition) is 3. The Labute approximate surface area is 200 Å². The van der Waals surface area contributed by atoms with Crippen LogP contribution < -0.4 is 5.32 Å². The van der Waals surface area contributed by atoms with Crippen LogP contribution in [0.25, 0.3) is 11.1 Å². The van der Waals surface area contributed by atoms with E-state index in [9.17, 15) is 9.59 Å². The third-order valence-corrected chi connectivity index (χ3v) is 6.73. The zero-order chi connectivity index (χ0) is 21.6. The summed E-state index contributed by atoms with van der Waals surface area (Å²) < 4.78 is 5.55. The Morgan fingerprint density at radius 3 is 1.84 bits per heavy atom. The van der Waals surface area contributed by atoms with Crippen molar-refractivity contribution in [3.63, 3.8) is 0 Å². The number of fused-ring (bicyclic) bond motifs is 3. The van der Waals surface area contributed by atoms with Crippen molar-refractivity contribution >= 4 is 12.1 Å². The van der Waals surface area contributed by atoms with Gasteiger partial charge in [-0.2, -0.15) is 0 Å². The first kappa shape index (κ1) is 24.3. The van der Waals surface area contributed by atoms with Gasteiger partial charge in [0.15, 0.2) is 0 Å². The summed E-state index contributed by atoms with van der Waals surface area (Å²) in [7, 11) is 0. The first-order valence-electron chi connectivity index (χ1n) is 11.5. The molecule has 2 N–H and O–H groups in total. The number of amides is 1. The maximum absolute atomic E-state index is 12.0. The van der Waals surface area contributed by atoms with E-state index in [-0.39, 0.29) is 35.0 Å². The van der Waals surface area contributed by atoms with Gasteiger partial charge in [-0.1, -0.05) is 74.2 Å².